The fraction of sp³-hybridized carbons (Fsp3) is 0.0323. The quantitative estimate of drug-likeness (QED) is 0.136. The van der Waals surface area contributed by atoms with Gasteiger partial charge in [0.25, 0.3) is 0 Å². The topological polar surface area (TPSA) is 77.3 Å². The molecule has 7 aromatic carbocycles. The van der Waals surface area contributed by atoms with Crippen LogP contribution < -0.4 is 0 Å². The molecule has 6 nitrogen and oxygen atoms in total. The van der Waals surface area contributed by atoms with Gasteiger partial charge in [-0.05, 0) is 89.7 Å². The molecule has 0 saturated heterocycles. The van der Waals surface area contributed by atoms with E-state index in [9.17, 15) is 0 Å². The summed E-state index contributed by atoms with van der Waals surface area (Å²) in [5.74, 6) is 1.33. The molecule has 0 aliphatic carbocycles. The number of aryl methyl sites for hydroxylation is 2. The van der Waals surface area contributed by atoms with Crippen LogP contribution in [0.1, 0.15) is 11.4 Å². The average molecular weight is 873 g/mol. The Hall–Kier alpha value is -9.00. The van der Waals surface area contributed by atoms with Crippen LogP contribution in [0.4, 0.5) is 0 Å². The van der Waals surface area contributed by atoms with Crippen molar-refractivity contribution in [2.75, 3.05) is 0 Å². The first-order valence-corrected chi connectivity index (χ1v) is 22.8. The average Bonchev–Trinajstić information content (AvgIpc) is 3.41. The van der Waals surface area contributed by atoms with Crippen molar-refractivity contribution in [2.45, 2.75) is 13.8 Å². The van der Waals surface area contributed by atoms with Gasteiger partial charge in [0, 0.05) is 68.3 Å². The Balaban J connectivity index is 1.06. The van der Waals surface area contributed by atoms with E-state index >= 15 is 0 Å². The van der Waals surface area contributed by atoms with E-state index < -0.39 is 0 Å². The molecule has 11 rings (SSSR count). The van der Waals surface area contributed by atoms with Crippen LogP contribution in [0.5, 0.6) is 0 Å². The lowest BCUT2D eigenvalue weighted by Gasteiger charge is -2.18. The lowest BCUT2D eigenvalue weighted by atomic mass is 9.87. The first-order valence-electron chi connectivity index (χ1n) is 22.8. The monoisotopic (exact) mass is 872 g/mol. The van der Waals surface area contributed by atoms with Crippen molar-refractivity contribution in [3.63, 3.8) is 0 Å². The van der Waals surface area contributed by atoms with Crippen LogP contribution in [-0.2, 0) is 0 Å². The maximum atomic E-state index is 5.28. The number of aromatic nitrogens is 6. The molecule has 0 radical (unpaired) electrons. The van der Waals surface area contributed by atoms with Crippen molar-refractivity contribution >= 4 is 0 Å². The van der Waals surface area contributed by atoms with Gasteiger partial charge in [0.05, 0.1) is 22.8 Å². The smallest absolute Gasteiger partial charge is 0.160 e. The van der Waals surface area contributed by atoms with Crippen molar-refractivity contribution in [1.29, 1.82) is 0 Å². The summed E-state index contributed by atoms with van der Waals surface area (Å²) < 4.78 is 0. The summed E-state index contributed by atoms with van der Waals surface area (Å²) in [6.45, 7) is 4.13. The lowest BCUT2D eigenvalue weighted by Crippen LogP contribution is -1.98. The molecule has 0 spiro atoms. The molecule has 0 atom stereocenters. The van der Waals surface area contributed by atoms with Crippen molar-refractivity contribution in [2.24, 2.45) is 0 Å². The van der Waals surface area contributed by atoms with E-state index in [1.807, 2.05) is 73.8 Å². The molecule has 68 heavy (non-hydrogen) atoms. The molecule has 322 valence electrons. The van der Waals surface area contributed by atoms with Gasteiger partial charge in [-0.1, -0.05) is 176 Å². The second-order valence-corrected chi connectivity index (χ2v) is 16.8. The molecule has 11 aromatic rings. The van der Waals surface area contributed by atoms with Crippen LogP contribution >= 0.6 is 0 Å². The minimum Gasteiger partial charge on any atom is -0.264 e. The van der Waals surface area contributed by atoms with E-state index in [0.29, 0.717) is 11.6 Å². The number of pyridine rings is 2. The van der Waals surface area contributed by atoms with Gasteiger partial charge in [0.15, 0.2) is 11.6 Å². The molecule has 4 aromatic heterocycles. The molecule has 0 unspecified atom stereocenters. The van der Waals surface area contributed by atoms with Gasteiger partial charge in [-0.3, -0.25) is 9.97 Å². The van der Waals surface area contributed by atoms with E-state index in [-0.39, 0.29) is 0 Å². The summed E-state index contributed by atoms with van der Waals surface area (Å²) in [7, 11) is 0. The maximum Gasteiger partial charge on any atom is 0.160 e. The highest BCUT2D eigenvalue weighted by Crippen LogP contribution is 2.42. The first-order chi connectivity index (χ1) is 33.5. The van der Waals surface area contributed by atoms with Crippen LogP contribution in [0.25, 0.3) is 112 Å². The summed E-state index contributed by atoms with van der Waals surface area (Å²) >= 11 is 0. The molecular formula is C62H44N6. The fourth-order valence-corrected chi connectivity index (χ4v) is 8.86. The number of nitrogens with zero attached hydrogens (tertiary/aromatic N) is 6. The van der Waals surface area contributed by atoms with Crippen molar-refractivity contribution in [3.05, 3.63) is 242 Å². The Morgan fingerprint density at radius 1 is 0.265 bits per heavy atom. The van der Waals surface area contributed by atoms with Gasteiger partial charge in [-0.15, -0.1) is 0 Å². The Morgan fingerprint density at radius 2 is 0.721 bits per heavy atom. The molecular weight excluding hydrogens is 829 g/mol. The maximum absolute atomic E-state index is 5.28. The largest absolute Gasteiger partial charge is 0.264 e. The Morgan fingerprint density at radius 3 is 1.32 bits per heavy atom. The molecule has 0 fully saturated rings. The highest BCUT2D eigenvalue weighted by atomic mass is 14.9. The van der Waals surface area contributed by atoms with Crippen molar-refractivity contribution in [3.8, 4) is 112 Å². The van der Waals surface area contributed by atoms with Gasteiger partial charge in [0.1, 0.15) is 0 Å². The zero-order valence-electron chi connectivity index (χ0n) is 37.6. The van der Waals surface area contributed by atoms with Crippen molar-refractivity contribution < 1.29 is 0 Å². The van der Waals surface area contributed by atoms with Gasteiger partial charge < -0.3 is 0 Å². The number of hydrogen-bond donors (Lipinski definition) is 0. The molecule has 0 bridgehead atoms. The summed E-state index contributed by atoms with van der Waals surface area (Å²) in [6, 6.07) is 75.7. The second-order valence-electron chi connectivity index (χ2n) is 16.8. The lowest BCUT2D eigenvalue weighted by molar-refractivity contribution is 1.13. The summed E-state index contributed by atoms with van der Waals surface area (Å²) in [5, 5.41) is 0. The number of hydrogen-bond acceptors (Lipinski definition) is 6. The number of benzene rings is 7. The third-order valence-corrected chi connectivity index (χ3v) is 12.3. The molecule has 0 N–H and O–H groups in total. The molecule has 0 amide bonds. The minimum absolute atomic E-state index is 0.663. The number of rotatable bonds is 10. The summed E-state index contributed by atoms with van der Waals surface area (Å²) in [6.07, 6.45) is 3.68. The highest BCUT2D eigenvalue weighted by molar-refractivity contribution is 5.94. The van der Waals surface area contributed by atoms with E-state index in [2.05, 4.69) is 170 Å². The predicted octanol–water partition coefficient (Wildman–Crippen LogP) is 15.3. The predicted molar refractivity (Wildman–Crippen MR) is 277 cm³/mol. The third kappa shape index (κ3) is 8.62. The van der Waals surface area contributed by atoms with Crippen molar-refractivity contribution in [1.82, 2.24) is 29.9 Å². The zero-order valence-corrected chi connectivity index (χ0v) is 37.6. The zero-order chi connectivity index (χ0) is 45.8. The Labute approximate surface area is 396 Å². The van der Waals surface area contributed by atoms with Gasteiger partial charge in [-0.2, -0.15) is 0 Å². The van der Waals surface area contributed by atoms with Crippen LogP contribution in [-0.4, -0.2) is 29.9 Å². The van der Waals surface area contributed by atoms with E-state index in [1.165, 1.54) is 0 Å². The van der Waals surface area contributed by atoms with E-state index in [1.54, 1.807) is 6.20 Å². The fourth-order valence-electron chi connectivity index (χ4n) is 8.86. The van der Waals surface area contributed by atoms with Crippen LogP contribution in [0.2, 0.25) is 0 Å². The van der Waals surface area contributed by atoms with Crippen LogP contribution in [0.15, 0.2) is 231 Å². The molecule has 4 heterocycles. The van der Waals surface area contributed by atoms with Gasteiger partial charge in [-0.25, -0.2) is 19.9 Å². The molecule has 0 aliphatic heterocycles. The van der Waals surface area contributed by atoms with E-state index in [4.69, 9.17) is 24.9 Å². The van der Waals surface area contributed by atoms with E-state index in [0.717, 1.165) is 112 Å². The Kier molecular flexibility index (Phi) is 11.3. The molecule has 0 saturated carbocycles. The second kappa shape index (κ2) is 18.5. The van der Waals surface area contributed by atoms with Crippen LogP contribution in [0, 0.1) is 13.8 Å². The standard InChI is InChI=1S/C62H44N6/c1-41-30-32-52(42(2)64-41)54-33-31-48(37-56(54)53-28-12-13-29-55(53)60-39-57(43-17-6-3-7-18-43)65-62(68-60)45-21-10-5-11-22-45)46-23-14-25-49(35-46)58-38-59(67-61(66-58)44-19-8-4-9-20-44)50-26-15-24-47(36-50)51-27-16-34-63-40-51/h3-40H,1-2H3. The molecule has 6 heteroatoms. The summed E-state index contributed by atoms with van der Waals surface area (Å²) in [4.78, 5) is 30.0. The van der Waals surface area contributed by atoms with Crippen LogP contribution in [0.3, 0.4) is 0 Å². The summed E-state index contributed by atoms with van der Waals surface area (Å²) in [5.41, 5.74) is 19.8. The SMILES string of the molecule is Cc1ccc(-c2ccc(-c3cccc(-c4cc(-c5cccc(-c6cccnc6)c5)nc(-c5ccccc5)n4)c3)cc2-c2ccccc2-c2cc(-c3ccccc3)nc(-c3ccccc3)n2)c(C)n1. The minimum atomic E-state index is 0.663. The highest BCUT2D eigenvalue weighted by Gasteiger charge is 2.20. The molecule has 0 aliphatic rings. The normalized spacial score (nSPS) is 11.1. The van der Waals surface area contributed by atoms with Gasteiger partial charge >= 0.3 is 0 Å². The third-order valence-electron chi connectivity index (χ3n) is 12.3. The van der Waals surface area contributed by atoms with Gasteiger partial charge in [0.2, 0.25) is 0 Å². The first kappa shape index (κ1) is 41.7. The Bertz CT molecular complexity index is 3520.